The first-order chi connectivity index (χ1) is 11.0. The van der Waals surface area contributed by atoms with Gasteiger partial charge in [0.05, 0.1) is 11.1 Å². The molecule has 0 saturated heterocycles. The average molecular weight is 331 g/mol. The molecule has 0 amide bonds. The fraction of sp³-hybridized carbons (Fsp3) is 0. The van der Waals surface area contributed by atoms with Crippen LogP contribution in [0.1, 0.15) is 0 Å². The third kappa shape index (κ3) is 2.21. The van der Waals surface area contributed by atoms with Crippen molar-refractivity contribution in [3.63, 3.8) is 0 Å². The van der Waals surface area contributed by atoms with E-state index in [0.717, 1.165) is 0 Å². The maximum Gasteiger partial charge on any atom is 0.264 e. The molecule has 9 heteroatoms. The highest BCUT2D eigenvalue weighted by Crippen LogP contribution is 2.27. The van der Waals surface area contributed by atoms with Gasteiger partial charge in [-0.05, 0) is 30.3 Å². The number of aromatic amines is 2. The summed E-state index contributed by atoms with van der Waals surface area (Å²) < 4.78 is 41.5. The number of rotatable bonds is 3. The Balaban J connectivity index is 1.80. The lowest BCUT2D eigenvalue weighted by molar-refractivity contribution is 0.600. The Hall–Kier alpha value is -2.94. The molecule has 7 nitrogen and oxygen atoms in total. The molecule has 0 spiro atoms. The van der Waals surface area contributed by atoms with Gasteiger partial charge in [0.2, 0.25) is 0 Å². The molecule has 0 radical (unpaired) electrons. The normalized spacial score (nSPS) is 12.0. The number of anilines is 1. The first kappa shape index (κ1) is 13.7. The van der Waals surface area contributed by atoms with Crippen LogP contribution in [0.15, 0.2) is 47.5 Å². The van der Waals surface area contributed by atoms with Crippen LogP contribution in [0, 0.1) is 5.82 Å². The van der Waals surface area contributed by atoms with Gasteiger partial charge in [0.25, 0.3) is 10.0 Å². The van der Waals surface area contributed by atoms with E-state index in [9.17, 15) is 12.8 Å². The summed E-state index contributed by atoms with van der Waals surface area (Å²) >= 11 is 0. The highest BCUT2D eigenvalue weighted by molar-refractivity contribution is 7.93. The summed E-state index contributed by atoms with van der Waals surface area (Å²) in [6.45, 7) is 0. The predicted molar refractivity (Wildman–Crippen MR) is 83.0 cm³/mol. The first-order valence-corrected chi connectivity index (χ1v) is 8.12. The largest absolute Gasteiger partial charge is 0.360 e. The Morgan fingerprint density at radius 3 is 2.78 bits per heavy atom. The predicted octanol–water partition coefficient (Wildman–Crippen LogP) is 2.38. The van der Waals surface area contributed by atoms with E-state index in [2.05, 4.69) is 25.1 Å². The monoisotopic (exact) mass is 331 g/mol. The van der Waals surface area contributed by atoms with Crippen LogP contribution in [-0.4, -0.2) is 28.8 Å². The van der Waals surface area contributed by atoms with Crippen molar-refractivity contribution in [1.82, 2.24) is 20.4 Å². The minimum Gasteiger partial charge on any atom is -0.360 e. The molecular formula is C14H10FN5O2S. The van der Waals surface area contributed by atoms with E-state index in [1.54, 1.807) is 24.3 Å². The lowest BCUT2D eigenvalue weighted by atomic mass is 10.2. The lowest BCUT2D eigenvalue weighted by Gasteiger charge is -2.07. The number of sulfonamides is 1. The van der Waals surface area contributed by atoms with E-state index in [1.165, 1.54) is 18.3 Å². The smallest absolute Gasteiger partial charge is 0.264 e. The molecular weight excluding hydrogens is 321 g/mol. The number of nitrogens with zero attached hydrogens (tertiary/aromatic N) is 2. The average Bonchev–Trinajstić information content (AvgIpc) is 3.13. The van der Waals surface area contributed by atoms with Gasteiger partial charge in [-0.3, -0.25) is 4.72 Å². The van der Waals surface area contributed by atoms with Crippen molar-refractivity contribution < 1.29 is 12.8 Å². The zero-order valence-corrected chi connectivity index (χ0v) is 12.4. The fourth-order valence-corrected chi connectivity index (χ4v) is 3.67. The molecule has 0 unspecified atom stereocenters. The summed E-state index contributed by atoms with van der Waals surface area (Å²) in [4.78, 5) is 2.61. The van der Waals surface area contributed by atoms with Gasteiger partial charge in [0, 0.05) is 11.7 Å². The SMILES string of the molecule is O=S(=O)(Nc1ccc2n[nH]nc2c1)c1c[nH]c2cccc(F)c12. The van der Waals surface area contributed by atoms with Gasteiger partial charge < -0.3 is 4.98 Å². The Kier molecular flexibility index (Phi) is 2.85. The summed E-state index contributed by atoms with van der Waals surface area (Å²) in [6.07, 6.45) is 1.27. The standard InChI is InChI=1S/C14H10FN5O2S/c15-9-2-1-3-11-14(9)13(7-16-11)23(21,22)19-8-4-5-10-12(6-8)18-20-17-10/h1-7,16,19H,(H,17,18,20). The van der Waals surface area contributed by atoms with Crippen LogP contribution in [0.4, 0.5) is 10.1 Å². The molecule has 0 aliphatic heterocycles. The number of aromatic nitrogens is 4. The maximum atomic E-state index is 14.0. The molecule has 0 aliphatic carbocycles. The van der Waals surface area contributed by atoms with Crippen LogP contribution in [0.3, 0.4) is 0 Å². The highest BCUT2D eigenvalue weighted by Gasteiger charge is 2.21. The number of benzene rings is 2. The maximum absolute atomic E-state index is 14.0. The Labute approximate surface area is 129 Å². The summed E-state index contributed by atoms with van der Waals surface area (Å²) in [5.74, 6) is -0.601. The second-order valence-electron chi connectivity index (χ2n) is 4.95. The number of fused-ring (bicyclic) bond motifs is 2. The van der Waals surface area contributed by atoms with E-state index in [-0.39, 0.29) is 10.3 Å². The summed E-state index contributed by atoms with van der Waals surface area (Å²) in [5, 5.41) is 10.3. The summed E-state index contributed by atoms with van der Waals surface area (Å²) in [6, 6.07) is 9.08. The molecule has 0 bridgehead atoms. The van der Waals surface area contributed by atoms with Crippen molar-refractivity contribution in [2.24, 2.45) is 0 Å². The van der Waals surface area contributed by atoms with Gasteiger partial charge in [-0.2, -0.15) is 15.4 Å². The number of H-pyrrole nitrogens is 2. The van der Waals surface area contributed by atoms with Crippen LogP contribution in [-0.2, 0) is 10.0 Å². The van der Waals surface area contributed by atoms with Crippen LogP contribution in [0.2, 0.25) is 0 Å². The van der Waals surface area contributed by atoms with Crippen LogP contribution < -0.4 is 4.72 Å². The van der Waals surface area contributed by atoms with E-state index in [4.69, 9.17) is 0 Å². The van der Waals surface area contributed by atoms with Crippen LogP contribution >= 0.6 is 0 Å². The lowest BCUT2D eigenvalue weighted by Crippen LogP contribution is -2.12. The summed E-state index contributed by atoms with van der Waals surface area (Å²) in [5.41, 5.74) is 1.87. The van der Waals surface area contributed by atoms with Crippen molar-refractivity contribution in [2.75, 3.05) is 4.72 Å². The van der Waals surface area contributed by atoms with Crippen molar-refractivity contribution >= 4 is 37.6 Å². The van der Waals surface area contributed by atoms with Gasteiger partial charge in [-0.15, -0.1) is 0 Å². The molecule has 4 aromatic rings. The molecule has 2 aromatic heterocycles. The zero-order chi connectivity index (χ0) is 16.0. The van der Waals surface area contributed by atoms with Crippen molar-refractivity contribution in [1.29, 1.82) is 0 Å². The third-order valence-corrected chi connectivity index (χ3v) is 4.88. The quantitative estimate of drug-likeness (QED) is 0.536. The molecule has 116 valence electrons. The van der Waals surface area contributed by atoms with Crippen LogP contribution in [0.25, 0.3) is 21.9 Å². The van der Waals surface area contributed by atoms with Crippen molar-refractivity contribution in [3.05, 3.63) is 48.4 Å². The Morgan fingerprint density at radius 1 is 1.09 bits per heavy atom. The van der Waals surface area contributed by atoms with Crippen molar-refractivity contribution in [3.8, 4) is 0 Å². The van der Waals surface area contributed by atoms with Gasteiger partial charge >= 0.3 is 0 Å². The van der Waals surface area contributed by atoms with E-state index < -0.39 is 15.8 Å². The minimum atomic E-state index is -3.95. The van der Waals surface area contributed by atoms with E-state index >= 15 is 0 Å². The molecule has 2 heterocycles. The second-order valence-corrected chi connectivity index (χ2v) is 6.60. The number of halogens is 1. The molecule has 2 aromatic carbocycles. The molecule has 3 N–H and O–H groups in total. The number of nitrogens with one attached hydrogen (secondary N) is 3. The molecule has 23 heavy (non-hydrogen) atoms. The van der Waals surface area contributed by atoms with Gasteiger partial charge in [-0.25, -0.2) is 12.8 Å². The van der Waals surface area contributed by atoms with Crippen LogP contribution in [0.5, 0.6) is 0 Å². The minimum absolute atomic E-state index is 0.0301. The van der Waals surface area contributed by atoms with Gasteiger partial charge in [0.15, 0.2) is 0 Å². The summed E-state index contributed by atoms with van der Waals surface area (Å²) in [7, 11) is -3.95. The molecule has 0 atom stereocenters. The van der Waals surface area contributed by atoms with Gasteiger partial charge in [-0.1, -0.05) is 6.07 Å². The Morgan fingerprint density at radius 2 is 1.91 bits per heavy atom. The molecule has 4 rings (SSSR count). The molecule has 0 saturated carbocycles. The topological polar surface area (TPSA) is 104 Å². The first-order valence-electron chi connectivity index (χ1n) is 6.63. The zero-order valence-electron chi connectivity index (χ0n) is 11.5. The van der Waals surface area contributed by atoms with E-state index in [0.29, 0.717) is 22.2 Å². The fourth-order valence-electron chi connectivity index (χ4n) is 2.44. The Bertz CT molecular complexity index is 1130. The molecule has 0 fully saturated rings. The molecule has 0 aliphatic rings. The van der Waals surface area contributed by atoms with Crippen molar-refractivity contribution in [2.45, 2.75) is 4.90 Å². The van der Waals surface area contributed by atoms with Gasteiger partial charge in [0.1, 0.15) is 21.7 Å². The second kappa shape index (κ2) is 4.78. The highest BCUT2D eigenvalue weighted by atomic mass is 32.2. The number of hydrogen-bond acceptors (Lipinski definition) is 4. The van der Waals surface area contributed by atoms with E-state index in [1.807, 2.05) is 0 Å². The number of hydrogen-bond donors (Lipinski definition) is 3. The third-order valence-electron chi connectivity index (χ3n) is 3.48.